The van der Waals surface area contributed by atoms with E-state index in [2.05, 4.69) is 32.6 Å². The van der Waals surface area contributed by atoms with Crippen LogP contribution >= 0.6 is 0 Å². The van der Waals surface area contributed by atoms with Crippen molar-refractivity contribution < 1.29 is 0 Å². The summed E-state index contributed by atoms with van der Waals surface area (Å²) in [6.07, 6.45) is 3.04. The van der Waals surface area contributed by atoms with Crippen molar-refractivity contribution in [2.75, 3.05) is 0 Å². The molecular formula is C12H15. The van der Waals surface area contributed by atoms with Crippen molar-refractivity contribution in [3.05, 3.63) is 48.6 Å². The van der Waals surface area contributed by atoms with Gasteiger partial charge in [0.1, 0.15) is 0 Å². The van der Waals surface area contributed by atoms with Gasteiger partial charge >= 0.3 is 0 Å². The van der Waals surface area contributed by atoms with Crippen molar-refractivity contribution in [1.29, 1.82) is 0 Å². The first-order valence-corrected chi connectivity index (χ1v) is 4.23. The maximum absolute atomic E-state index is 3.82. The molecule has 0 heteroatoms. The predicted octanol–water partition coefficient (Wildman–Crippen LogP) is 3.24. The summed E-state index contributed by atoms with van der Waals surface area (Å²) in [7, 11) is 0. The van der Waals surface area contributed by atoms with Crippen molar-refractivity contribution in [3.63, 3.8) is 0 Å². The van der Waals surface area contributed by atoms with Crippen LogP contribution in [-0.2, 0) is 6.42 Å². The van der Waals surface area contributed by atoms with E-state index in [0.29, 0.717) is 0 Å². The second-order valence-electron chi connectivity index (χ2n) is 3.78. The third-order valence-corrected chi connectivity index (χ3v) is 1.98. The smallest absolute Gasteiger partial charge is 0.0137 e. The predicted molar refractivity (Wildman–Crippen MR) is 53.0 cm³/mol. The summed E-state index contributed by atoms with van der Waals surface area (Å²) in [5, 5.41) is 0. The summed E-state index contributed by atoms with van der Waals surface area (Å²) < 4.78 is 0. The number of benzene rings is 1. The molecule has 0 nitrogen and oxygen atoms in total. The third-order valence-electron chi connectivity index (χ3n) is 1.98. The Morgan fingerprint density at radius 2 is 2.33 bits per heavy atom. The van der Waals surface area contributed by atoms with Crippen LogP contribution in [0.3, 0.4) is 0 Å². The van der Waals surface area contributed by atoms with E-state index in [1.54, 1.807) is 0 Å². The molecule has 12 heavy (non-hydrogen) atoms. The Bertz CT molecular complexity index is 244. The molecule has 0 aliphatic carbocycles. The third kappa shape index (κ3) is 2.54. The normalized spacial score (nSPS) is 11.2. The zero-order valence-corrected chi connectivity index (χ0v) is 7.80. The average Bonchev–Trinajstić information content (AvgIpc) is 2.06. The first kappa shape index (κ1) is 9.05. The number of hydrogen-bond acceptors (Lipinski definition) is 0. The van der Waals surface area contributed by atoms with Crippen LogP contribution in [0, 0.1) is 11.5 Å². The SMILES string of the molecule is C=CC(C)(C)Cc1c[c]ccc1. The Labute approximate surface area is 74.9 Å². The molecule has 0 spiro atoms. The summed E-state index contributed by atoms with van der Waals surface area (Å²) in [4.78, 5) is 0. The van der Waals surface area contributed by atoms with E-state index in [0.717, 1.165) is 6.42 Å². The van der Waals surface area contributed by atoms with Gasteiger partial charge in [0.25, 0.3) is 0 Å². The molecular weight excluding hydrogens is 144 g/mol. The van der Waals surface area contributed by atoms with Gasteiger partial charge in [0.05, 0.1) is 0 Å². The first-order valence-electron chi connectivity index (χ1n) is 4.23. The molecule has 0 aliphatic heterocycles. The van der Waals surface area contributed by atoms with Gasteiger partial charge in [0.15, 0.2) is 0 Å². The van der Waals surface area contributed by atoms with Crippen molar-refractivity contribution >= 4 is 0 Å². The van der Waals surface area contributed by atoms with E-state index in [1.165, 1.54) is 5.56 Å². The minimum Gasteiger partial charge on any atom is -0.103 e. The van der Waals surface area contributed by atoms with Crippen LogP contribution in [0.25, 0.3) is 0 Å². The maximum Gasteiger partial charge on any atom is -0.0137 e. The van der Waals surface area contributed by atoms with Crippen LogP contribution in [0.4, 0.5) is 0 Å². The van der Waals surface area contributed by atoms with Crippen molar-refractivity contribution in [3.8, 4) is 0 Å². The van der Waals surface area contributed by atoms with Gasteiger partial charge in [-0.15, -0.1) is 6.58 Å². The van der Waals surface area contributed by atoms with E-state index in [-0.39, 0.29) is 5.41 Å². The Kier molecular flexibility index (Phi) is 2.69. The van der Waals surface area contributed by atoms with Crippen molar-refractivity contribution in [1.82, 2.24) is 0 Å². The molecule has 0 atom stereocenters. The Hall–Kier alpha value is -1.04. The van der Waals surface area contributed by atoms with Crippen LogP contribution in [-0.4, -0.2) is 0 Å². The molecule has 1 rings (SSSR count). The highest BCUT2D eigenvalue weighted by atomic mass is 14.2. The monoisotopic (exact) mass is 159 g/mol. The summed E-state index contributed by atoms with van der Waals surface area (Å²) in [5.41, 5.74) is 1.51. The van der Waals surface area contributed by atoms with Gasteiger partial charge in [-0.1, -0.05) is 44.2 Å². The molecule has 0 bridgehead atoms. The lowest BCUT2D eigenvalue weighted by Crippen LogP contribution is -2.10. The van der Waals surface area contributed by atoms with E-state index in [9.17, 15) is 0 Å². The summed E-state index contributed by atoms with van der Waals surface area (Å²) in [6.45, 7) is 8.19. The van der Waals surface area contributed by atoms with Crippen LogP contribution in [0.1, 0.15) is 19.4 Å². The van der Waals surface area contributed by atoms with Crippen molar-refractivity contribution in [2.45, 2.75) is 20.3 Å². The van der Waals surface area contributed by atoms with Crippen LogP contribution in [0.5, 0.6) is 0 Å². The summed E-state index contributed by atoms with van der Waals surface area (Å²) in [5.74, 6) is 0. The highest BCUT2D eigenvalue weighted by Gasteiger charge is 2.12. The second kappa shape index (κ2) is 3.57. The van der Waals surface area contributed by atoms with Crippen molar-refractivity contribution in [2.24, 2.45) is 5.41 Å². The highest BCUT2D eigenvalue weighted by Crippen LogP contribution is 2.22. The zero-order valence-electron chi connectivity index (χ0n) is 7.80. The van der Waals surface area contributed by atoms with Crippen LogP contribution in [0.15, 0.2) is 36.9 Å². The van der Waals surface area contributed by atoms with Gasteiger partial charge in [-0.25, -0.2) is 0 Å². The van der Waals surface area contributed by atoms with Gasteiger partial charge in [0.2, 0.25) is 0 Å². The van der Waals surface area contributed by atoms with Gasteiger partial charge in [-0.3, -0.25) is 0 Å². The fourth-order valence-corrected chi connectivity index (χ4v) is 1.14. The molecule has 1 aromatic rings. The first-order chi connectivity index (χ1) is 5.64. The molecule has 0 saturated carbocycles. The lowest BCUT2D eigenvalue weighted by Gasteiger charge is -2.19. The molecule has 63 valence electrons. The Morgan fingerprint density at radius 3 is 2.83 bits per heavy atom. The highest BCUT2D eigenvalue weighted by molar-refractivity contribution is 5.16. The van der Waals surface area contributed by atoms with E-state index >= 15 is 0 Å². The van der Waals surface area contributed by atoms with Crippen LogP contribution < -0.4 is 0 Å². The fourth-order valence-electron chi connectivity index (χ4n) is 1.14. The Balaban J connectivity index is 2.70. The average molecular weight is 159 g/mol. The molecule has 0 saturated heterocycles. The lowest BCUT2D eigenvalue weighted by molar-refractivity contribution is 0.479. The minimum atomic E-state index is 0.190. The van der Waals surface area contributed by atoms with Crippen LogP contribution in [0.2, 0.25) is 0 Å². The lowest BCUT2D eigenvalue weighted by atomic mass is 9.86. The molecule has 0 unspecified atom stereocenters. The van der Waals surface area contributed by atoms with E-state index in [4.69, 9.17) is 0 Å². The summed E-state index contributed by atoms with van der Waals surface area (Å²) in [6, 6.07) is 11.2. The maximum atomic E-state index is 3.82. The summed E-state index contributed by atoms with van der Waals surface area (Å²) >= 11 is 0. The molecule has 0 aromatic heterocycles. The molecule has 0 amide bonds. The second-order valence-corrected chi connectivity index (χ2v) is 3.78. The molecule has 0 heterocycles. The molecule has 0 fully saturated rings. The van der Waals surface area contributed by atoms with Gasteiger partial charge in [-0.05, 0) is 23.5 Å². The number of allylic oxidation sites excluding steroid dienone is 1. The largest absolute Gasteiger partial charge is 0.103 e. The van der Waals surface area contributed by atoms with Gasteiger partial charge < -0.3 is 0 Å². The number of rotatable bonds is 3. The standard InChI is InChI=1S/C12H15/c1-4-12(2,3)10-11-8-6-5-7-9-11/h4-6,8-9H,1,10H2,2-3H3. The van der Waals surface area contributed by atoms with Gasteiger partial charge in [-0.2, -0.15) is 0 Å². The zero-order chi connectivity index (χ0) is 9.03. The number of hydrogen-bond donors (Lipinski definition) is 0. The molecule has 0 aliphatic rings. The van der Waals surface area contributed by atoms with Gasteiger partial charge in [0, 0.05) is 0 Å². The topological polar surface area (TPSA) is 0 Å². The van der Waals surface area contributed by atoms with E-state index in [1.807, 2.05) is 24.3 Å². The fraction of sp³-hybridized carbons (Fsp3) is 0.333. The molecule has 1 aromatic carbocycles. The Morgan fingerprint density at radius 1 is 1.58 bits per heavy atom. The quantitative estimate of drug-likeness (QED) is 0.594. The molecule has 1 radical (unpaired) electrons. The minimum absolute atomic E-state index is 0.190. The molecule has 0 N–H and O–H groups in total. The van der Waals surface area contributed by atoms with E-state index < -0.39 is 0 Å².